The third kappa shape index (κ3) is 4.10. The van der Waals surface area contributed by atoms with Crippen molar-refractivity contribution in [3.05, 3.63) is 0 Å². The quantitative estimate of drug-likeness (QED) is 0.667. The lowest BCUT2D eigenvalue weighted by molar-refractivity contribution is 0.443. The van der Waals surface area contributed by atoms with Crippen molar-refractivity contribution in [1.82, 2.24) is 0 Å². The van der Waals surface area contributed by atoms with Crippen LogP contribution in [-0.2, 0) is 0 Å². The summed E-state index contributed by atoms with van der Waals surface area (Å²) in [6, 6.07) is 7.46. The molecule has 0 saturated carbocycles. The predicted octanol–water partition coefficient (Wildman–Crippen LogP) is 1.73. The molecule has 0 rings (SSSR count). The van der Waals surface area contributed by atoms with E-state index in [9.17, 15) is 0 Å². The van der Waals surface area contributed by atoms with E-state index in [0.717, 1.165) is 0 Å². The van der Waals surface area contributed by atoms with Crippen molar-refractivity contribution in [2.75, 3.05) is 0 Å². The van der Waals surface area contributed by atoms with E-state index in [2.05, 4.69) is 0 Å². The fourth-order valence-electron chi connectivity index (χ4n) is 1.17. The van der Waals surface area contributed by atoms with Gasteiger partial charge in [0.25, 0.3) is 0 Å². The normalized spacial score (nSPS) is 9.14. The van der Waals surface area contributed by atoms with Gasteiger partial charge in [0, 0.05) is 0 Å². The first-order valence-electron chi connectivity index (χ1n) is 4.26. The fraction of sp³-hybridized carbons (Fsp3) is 0.600. The number of nitrogens with zero attached hydrogens (tertiary/aromatic N) is 4. The molecule has 0 atom stereocenters. The van der Waals surface area contributed by atoms with Crippen molar-refractivity contribution in [2.24, 2.45) is 17.8 Å². The lowest BCUT2D eigenvalue weighted by atomic mass is 9.90. The average molecular weight is 186 g/mol. The third-order valence-electron chi connectivity index (χ3n) is 1.90. The summed E-state index contributed by atoms with van der Waals surface area (Å²) < 4.78 is 0. The second-order valence-electron chi connectivity index (χ2n) is 3.20. The molecule has 0 spiro atoms. The highest BCUT2D eigenvalue weighted by molar-refractivity contribution is 5.02. The first-order valence-corrected chi connectivity index (χ1v) is 4.26. The Morgan fingerprint density at radius 1 is 0.786 bits per heavy atom. The van der Waals surface area contributed by atoms with Crippen LogP contribution in [0, 0.1) is 63.1 Å². The molecule has 0 aliphatic rings. The second kappa shape index (κ2) is 6.47. The maximum absolute atomic E-state index is 8.52. The summed E-state index contributed by atoms with van der Waals surface area (Å²) in [5.74, 6) is -1.23. The highest BCUT2D eigenvalue weighted by Gasteiger charge is 2.16. The minimum Gasteiger partial charge on any atom is -0.197 e. The molecular formula is C10H10N4. The van der Waals surface area contributed by atoms with Crippen LogP contribution in [-0.4, -0.2) is 0 Å². The SMILES string of the molecule is CC(CC(C#N)C#N)CC(C#N)C#N. The van der Waals surface area contributed by atoms with E-state index in [1.807, 2.05) is 31.2 Å². The smallest absolute Gasteiger partial charge is 0.133 e. The van der Waals surface area contributed by atoms with Crippen molar-refractivity contribution in [3.8, 4) is 24.3 Å². The van der Waals surface area contributed by atoms with E-state index in [4.69, 9.17) is 21.0 Å². The standard InChI is InChI=1S/C10H10N4/c1-8(2-9(4-11)5-12)3-10(6-13)7-14/h8-10H,2-3H2,1H3. The van der Waals surface area contributed by atoms with E-state index in [-0.39, 0.29) is 5.92 Å². The molecular weight excluding hydrogens is 176 g/mol. The Morgan fingerprint density at radius 3 is 1.29 bits per heavy atom. The summed E-state index contributed by atoms with van der Waals surface area (Å²) in [6.45, 7) is 1.84. The molecule has 0 aliphatic carbocycles. The fourth-order valence-corrected chi connectivity index (χ4v) is 1.17. The van der Waals surface area contributed by atoms with Crippen LogP contribution in [0.15, 0.2) is 0 Å². The first-order chi connectivity index (χ1) is 6.67. The molecule has 70 valence electrons. The monoisotopic (exact) mass is 186 g/mol. The Hall–Kier alpha value is -2.04. The van der Waals surface area contributed by atoms with Crippen LogP contribution in [0.4, 0.5) is 0 Å². The van der Waals surface area contributed by atoms with Gasteiger partial charge in [0.05, 0.1) is 24.3 Å². The summed E-state index contributed by atoms with van der Waals surface area (Å²) in [4.78, 5) is 0. The van der Waals surface area contributed by atoms with Crippen LogP contribution in [0.25, 0.3) is 0 Å². The van der Waals surface area contributed by atoms with E-state index in [1.165, 1.54) is 0 Å². The summed E-state index contributed by atoms with van der Waals surface area (Å²) in [5, 5.41) is 34.1. The van der Waals surface area contributed by atoms with Gasteiger partial charge in [0.2, 0.25) is 0 Å². The third-order valence-corrected chi connectivity index (χ3v) is 1.90. The minimum absolute atomic E-state index is 0.0450. The zero-order valence-electron chi connectivity index (χ0n) is 7.94. The van der Waals surface area contributed by atoms with Crippen molar-refractivity contribution in [3.63, 3.8) is 0 Å². The molecule has 0 aromatic rings. The maximum Gasteiger partial charge on any atom is 0.133 e. The number of hydrogen-bond acceptors (Lipinski definition) is 4. The number of rotatable bonds is 4. The van der Waals surface area contributed by atoms with Gasteiger partial charge in [-0.05, 0) is 18.8 Å². The molecule has 0 aliphatic heterocycles. The van der Waals surface area contributed by atoms with Gasteiger partial charge in [-0.3, -0.25) is 0 Å². The van der Waals surface area contributed by atoms with Gasteiger partial charge in [-0.1, -0.05) is 6.92 Å². The molecule has 0 heterocycles. The molecule has 0 radical (unpaired) electrons. The molecule has 0 amide bonds. The van der Waals surface area contributed by atoms with E-state index >= 15 is 0 Å². The zero-order valence-corrected chi connectivity index (χ0v) is 7.94. The van der Waals surface area contributed by atoms with Crippen LogP contribution in [0.1, 0.15) is 19.8 Å². The second-order valence-corrected chi connectivity index (χ2v) is 3.20. The van der Waals surface area contributed by atoms with Crippen LogP contribution >= 0.6 is 0 Å². The highest BCUT2D eigenvalue weighted by Crippen LogP contribution is 2.18. The Morgan fingerprint density at radius 2 is 1.07 bits per heavy atom. The lowest BCUT2D eigenvalue weighted by Gasteiger charge is -2.10. The molecule has 0 aromatic heterocycles. The molecule has 0 aromatic carbocycles. The Balaban J connectivity index is 4.08. The summed E-state index contributed by atoms with van der Waals surface area (Å²) in [7, 11) is 0. The topological polar surface area (TPSA) is 95.2 Å². The van der Waals surface area contributed by atoms with Crippen LogP contribution in [0.3, 0.4) is 0 Å². The molecule has 4 nitrogen and oxygen atoms in total. The Labute approximate surface area is 83.6 Å². The van der Waals surface area contributed by atoms with Gasteiger partial charge in [-0.25, -0.2) is 0 Å². The summed E-state index contributed by atoms with van der Waals surface area (Å²) in [5.41, 5.74) is 0. The molecule has 0 unspecified atom stereocenters. The molecule has 0 bridgehead atoms. The van der Waals surface area contributed by atoms with Gasteiger partial charge in [0.1, 0.15) is 11.8 Å². The molecule has 14 heavy (non-hydrogen) atoms. The highest BCUT2D eigenvalue weighted by atomic mass is 14.3. The Kier molecular flexibility index (Phi) is 5.53. The predicted molar refractivity (Wildman–Crippen MR) is 47.8 cm³/mol. The van der Waals surface area contributed by atoms with Crippen molar-refractivity contribution in [1.29, 1.82) is 21.0 Å². The first kappa shape index (κ1) is 12.0. The van der Waals surface area contributed by atoms with Crippen molar-refractivity contribution < 1.29 is 0 Å². The van der Waals surface area contributed by atoms with Gasteiger partial charge in [0.15, 0.2) is 0 Å². The summed E-state index contributed by atoms with van der Waals surface area (Å²) in [6.07, 6.45) is 0.847. The average Bonchev–Trinajstić information content (AvgIpc) is 2.22. The summed E-state index contributed by atoms with van der Waals surface area (Å²) >= 11 is 0. The van der Waals surface area contributed by atoms with Crippen LogP contribution in [0.2, 0.25) is 0 Å². The van der Waals surface area contributed by atoms with E-state index in [0.29, 0.717) is 12.8 Å². The van der Waals surface area contributed by atoms with Gasteiger partial charge in [-0.15, -0.1) is 0 Å². The van der Waals surface area contributed by atoms with Gasteiger partial charge < -0.3 is 0 Å². The van der Waals surface area contributed by atoms with Crippen molar-refractivity contribution in [2.45, 2.75) is 19.8 Å². The number of hydrogen-bond donors (Lipinski definition) is 0. The zero-order chi connectivity index (χ0) is 11.0. The van der Waals surface area contributed by atoms with Crippen LogP contribution < -0.4 is 0 Å². The van der Waals surface area contributed by atoms with Gasteiger partial charge in [-0.2, -0.15) is 21.0 Å². The van der Waals surface area contributed by atoms with E-state index in [1.54, 1.807) is 0 Å². The molecule has 0 fully saturated rings. The molecule has 0 saturated heterocycles. The molecule has 4 heteroatoms. The van der Waals surface area contributed by atoms with Crippen molar-refractivity contribution >= 4 is 0 Å². The largest absolute Gasteiger partial charge is 0.197 e. The number of nitriles is 4. The molecule has 0 N–H and O–H groups in total. The van der Waals surface area contributed by atoms with Gasteiger partial charge >= 0.3 is 0 Å². The maximum atomic E-state index is 8.52. The van der Waals surface area contributed by atoms with Crippen LogP contribution in [0.5, 0.6) is 0 Å². The Bertz CT molecular complexity index is 271. The van der Waals surface area contributed by atoms with E-state index < -0.39 is 11.8 Å². The minimum atomic E-state index is -0.636. The lowest BCUT2D eigenvalue weighted by Crippen LogP contribution is -2.07.